The van der Waals surface area contributed by atoms with E-state index in [2.05, 4.69) is 15.6 Å². The number of halogens is 1. The first-order valence-corrected chi connectivity index (χ1v) is 8.77. The fourth-order valence-corrected chi connectivity index (χ4v) is 3.29. The molecule has 2 N–H and O–H groups in total. The third kappa shape index (κ3) is 3.07. The Kier molecular flexibility index (Phi) is 4.09. The second-order valence-corrected chi connectivity index (χ2v) is 6.88. The molecule has 1 aromatic carbocycles. The average Bonchev–Trinajstić information content (AvgIpc) is 2.94. The number of carbonyl (C=O) groups is 1. The molecule has 0 spiro atoms. The molecule has 0 saturated heterocycles. The SMILES string of the molecule is Cn1ccc2c(Nc3cccc(Cl)c3)ncc(C(=O)NC3CCC3)c21. The molecular weight excluding hydrogens is 336 g/mol. The molecule has 0 atom stereocenters. The van der Waals surface area contributed by atoms with E-state index < -0.39 is 0 Å². The number of hydrogen-bond acceptors (Lipinski definition) is 3. The Bertz CT molecular complexity index is 946. The van der Waals surface area contributed by atoms with Gasteiger partial charge in [-0.25, -0.2) is 4.98 Å². The zero-order valence-electron chi connectivity index (χ0n) is 13.9. The predicted octanol–water partition coefficient (Wildman–Crippen LogP) is 4.25. The van der Waals surface area contributed by atoms with Crippen molar-refractivity contribution in [3.8, 4) is 0 Å². The quantitative estimate of drug-likeness (QED) is 0.736. The van der Waals surface area contributed by atoms with E-state index in [1.807, 2.05) is 48.1 Å². The van der Waals surface area contributed by atoms with Crippen LogP contribution in [0.4, 0.5) is 11.5 Å². The van der Waals surface area contributed by atoms with Gasteiger partial charge in [0.1, 0.15) is 5.82 Å². The van der Waals surface area contributed by atoms with Crippen LogP contribution in [0.15, 0.2) is 42.7 Å². The second kappa shape index (κ2) is 6.41. The molecule has 4 rings (SSSR count). The lowest BCUT2D eigenvalue weighted by Gasteiger charge is -2.26. The number of nitrogens with one attached hydrogen (secondary N) is 2. The maximum atomic E-state index is 12.6. The van der Waals surface area contributed by atoms with E-state index in [1.165, 1.54) is 6.42 Å². The minimum absolute atomic E-state index is 0.0571. The Balaban J connectivity index is 1.70. The van der Waals surface area contributed by atoms with E-state index in [0.717, 1.165) is 29.4 Å². The first-order valence-electron chi connectivity index (χ1n) is 8.39. The van der Waals surface area contributed by atoms with Crippen molar-refractivity contribution in [2.45, 2.75) is 25.3 Å². The standard InChI is InChI=1S/C19H19ClN4O/c1-24-9-8-15-17(24)16(19(25)23-13-5-3-6-13)11-21-18(15)22-14-7-2-4-12(20)10-14/h2,4,7-11,13H,3,5-6H2,1H3,(H,21,22)(H,23,25). The fourth-order valence-electron chi connectivity index (χ4n) is 3.10. The highest BCUT2D eigenvalue weighted by Gasteiger charge is 2.23. The van der Waals surface area contributed by atoms with Crippen LogP contribution in [-0.4, -0.2) is 21.5 Å². The molecule has 1 saturated carbocycles. The van der Waals surface area contributed by atoms with Crippen molar-refractivity contribution in [2.24, 2.45) is 7.05 Å². The topological polar surface area (TPSA) is 59.0 Å². The van der Waals surface area contributed by atoms with Gasteiger partial charge in [-0.2, -0.15) is 0 Å². The smallest absolute Gasteiger partial charge is 0.255 e. The summed E-state index contributed by atoms with van der Waals surface area (Å²) in [5, 5.41) is 7.94. The Morgan fingerprint density at radius 1 is 1.32 bits per heavy atom. The van der Waals surface area contributed by atoms with Crippen LogP contribution in [0.3, 0.4) is 0 Å². The van der Waals surface area contributed by atoms with Crippen LogP contribution in [0.5, 0.6) is 0 Å². The van der Waals surface area contributed by atoms with E-state index in [1.54, 1.807) is 6.20 Å². The fraction of sp³-hybridized carbons (Fsp3) is 0.263. The number of hydrogen-bond donors (Lipinski definition) is 2. The molecule has 1 aliphatic rings. The highest BCUT2D eigenvalue weighted by atomic mass is 35.5. The van der Waals surface area contributed by atoms with Crippen LogP contribution in [0.25, 0.3) is 10.9 Å². The van der Waals surface area contributed by atoms with Gasteiger partial charge in [-0.3, -0.25) is 4.79 Å². The van der Waals surface area contributed by atoms with Crippen molar-refractivity contribution in [1.82, 2.24) is 14.9 Å². The Labute approximate surface area is 151 Å². The summed E-state index contributed by atoms with van der Waals surface area (Å²) in [6, 6.07) is 9.75. The van der Waals surface area contributed by atoms with Gasteiger partial charge in [0.05, 0.1) is 11.1 Å². The molecule has 0 unspecified atom stereocenters. The van der Waals surface area contributed by atoms with Crippen molar-refractivity contribution >= 4 is 39.9 Å². The van der Waals surface area contributed by atoms with Gasteiger partial charge in [0.15, 0.2) is 0 Å². The number of aryl methyl sites for hydroxylation is 1. The summed E-state index contributed by atoms with van der Waals surface area (Å²) in [5.74, 6) is 0.649. The molecule has 3 aromatic rings. The first kappa shape index (κ1) is 16.0. The van der Waals surface area contributed by atoms with E-state index in [0.29, 0.717) is 22.4 Å². The summed E-state index contributed by atoms with van der Waals surface area (Å²) in [6.07, 6.45) is 6.89. The highest BCUT2D eigenvalue weighted by Crippen LogP contribution is 2.29. The first-order chi connectivity index (χ1) is 12.1. The van der Waals surface area contributed by atoms with Crippen molar-refractivity contribution in [1.29, 1.82) is 0 Å². The predicted molar refractivity (Wildman–Crippen MR) is 101 cm³/mol. The van der Waals surface area contributed by atoms with E-state index >= 15 is 0 Å². The summed E-state index contributed by atoms with van der Waals surface area (Å²) >= 11 is 6.05. The van der Waals surface area contributed by atoms with Crippen LogP contribution in [-0.2, 0) is 7.05 Å². The van der Waals surface area contributed by atoms with Crippen LogP contribution >= 0.6 is 11.6 Å². The number of amides is 1. The molecule has 1 aliphatic carbocycles. The normalized spacial score (nSPS) is 14.3. The van der Waals surface area contributed by atoms with Crippen LogP contribution in [0.2, 0.25) is 5.02 Å². The number of rotatable bonds is 4. The number of benzene rings is 1. The van der Waals surface area contributed by atoms with Crippen LogP contribution in [0.1, 0.15) is 29.6 Å². The Hall–Kier alpha value is -2.53. The summed E-state index contributed by atoms with van der Waals surface area (Å²) in [5.41, 5.74) is 2.33. The average molecular weight is 355 g/mol. The van der Waals surface area contributed by atoms with Crippen molar-refractivity contribution in [3.05, 3.63) is 53.3 Å². The van der Waals surface area contributed by atoms with Crippen molar-refractivity contribution < 1.29 is 4.79 Å². The largest absolute Gasteiger partial charge is 0.350 e. The zero-order valence-corrected chi connectivity index (χ0v) is 14.7. The van der Waals surface area contributed by atoms with Gasteiger partial charge in [0, 0.05) is 41.6 Å². The van der Waals surface area contributed by atoms with E-state index in [9.17, 15) is 4.79 Å². The summed E-state index contributed by atoms with van der Waals surface area (Å²) in [7, 11) is 1.94. The molecule has 2 aromatic heterocycles. The van der Waals surface area contributed by atoms with Crippen LogP contribution < -0.4 is 10.6 Å². The monoisotopic (exact) mass is 354 g/mol. The number of anilines is 2. The highest BCUT2D eigenvalue weighted by molar-refractivity contribution is 6.30. The number of pyridine rings is 1. The summed E-state index contributed by atoms with van der Waals surface area (Å²) < 4.78 is 1.95. The molecule has 0 bridgehead atoms. The molecule has 25 heavy (non-hydrogen) atoms. The van der Waals surface area contributed by atoms with Gasteiger partial charge in [-0.15, -0.1) is 0 Å². The molecule has 128 valence electrons. The van der Waals surface area contributed by atoms with Crippen molar-refractivity contribution in [2.75, 3.05) is 5.32 Å². The maximum absolute atomic E-state index is 12.6. The summed E-state index contributed by atoms with van der Waals surface area (Å²) in [4.78, 5) is 17.1. The minimum atomic E-state index is -0.0571. The maximum Gasteiger partial charge on any atom is 0.255 e. The molecule has 0 radical (unpaired) electrons. The number of fused-ring (bicyclic) bond motifs is 1. The molecule has 2 heterocycles. The molecule has 0 aliphatic heterocycles. The minimum Gasteiger partial charge on any atom is -0.350 e. The third-order valence-electron chi connectivity index (χ3n) is 4.68. The Morgan fingerprint density at radius 3 is 2.88 bits per heavy atom. The van der Waals surface area contributed by atoms with Gasteiger partial charge < -0.3 is 15.2 Å². The third-order valence-corrected chi connectivity index (χ3v) is 4.91. The van der Waals surface area contributed by atoms with Gasteiger partial charge >= 0.3 is 0 Å². The molecule has 1 fully saturated rings. The second-order valence-electron chi connectivity index (χ2n) is 6.45. The number of carbonyl (C=O) groups excluding carboxylic acids is 1. The van der Waals surface area contributed by atoms with Crippen LogP contribution in [0, 0.1) is 0 Å². The zero-order chi connectivity index (χ0) is 17.4. The molecule has 6 heteroatoms. The van der Waals surface area contributed by atoms with Gasteiger partial charge in [0.25, 0.3) is 5.91 Å². The molecule has 1 amide bonds. The number of nitrogens with zero attached hydrogens (tertiary/aromatic N) is 2. The lowest BCUT2D eigenvalue weighted by atomic mass is 9.93. The lowest BCUT2D eigenvalue weighted by molar-refractivity contribution is 0.0918. The van der Waals surface area contributed by atoms with Crippen molar-refractivity contribution in [3.63, 3.8) is 0 Å². The van der Waals surface area contributed by atoms with Gasteiger partial charge in [-0.1, -0.05) is 17.7 Å². The van der Waals surface area contributed by atoms with E-state index in [-0.39, 0.29) is 5.91 Å². The molecular formula is C19H19ClN4O. The lowest BCUT2D eigenvalue weighted by Crippen LogP contribution is -2.39. The van der Waals surface area contributed by atoms with Gasteiger partial charge in [0.2, 0.25) is 0 Å². The van der Waals surface area contributed by atoms with E-state index in [4.69, 9.17) is 11.6 Å². The number of aromatic nitrogens is 2. The molecule has 5 nitrogen and oxygen atoms in total. The Morgan fingerprint density at radius 2 is 2.16 bits per heavy atom. The summed E-state index contributed by atoms with van der Waals surface area (Å²) in [6.45, 7) is 0. The van der Waals surface area contributed by atoms with Gasteiger partial charge in [-0.05, 0) is 43.5 Å².